The van der Waals surface area contributed by atoms with E-state index in [9.17, 15) is 4.79 Å². The van der Waals surface area contributed by atoms with Crippen LogP contribution in [-0.4, -0.2) is 49.7 Å². The van der Waals surface area contributed by atoms with Crippen molar-refractivity contribution in [1.82, 2.24) is 10.2 Å². The Kier molecular flexibility index (Phi) is 5.01. The highest BCUT2D eigenvalue weighted by Crippen LogP contribution is 2.20. The molecule has 4 heteroatoms. The number of carbonyl (C=O) groups excluding carboxylic acids is 1. The van der Waals surface area contributed by atoms with Crippen molar-refractivity contribution in [2.45, 2.75) is 39.2 Å². The van der Waals surface area contributed by atoms with E-state index in [0.29, 0.717) is 0 Å². The molecule has 0 aliphatic carbocycles. The first-order chi connectivity index (χ1) is 8.65. The summed E-state index contributed by atoms with van der Waals surface area (Å²) < 4.78 is 5.37. The molecule has 0 aromatic heterocycles. The quantitative estimate of drug-likeness (QED) is 0.821. The number of piperidine rings is 1. The van der Waals surface area contributed by atoms with Crippen LogP contribution in [0.25, 0.3) is 0 Å². The first kappa shape index (κ1) is 13.8. The molecule has 0 radical (unpaired) electrons. The molecular weight excluding hydrogens is 228 g/mol. The van der Waals surface area contributed by atoms with E-state index in [1.807, 2.05) is 0 Å². The van der Waals surface area contributed by atoms with Crippen molar-refractivity contribution in [1.29, 1.82) is 0 Å². The smallest absolute Gasteiger partial charge is 0.249 e. The first-order valence-electron chi connectivity index (χ1n) is 7.27. The summed E-state index contributed by atoms with van der Waals surface area (Å²) in [6.45, 7) is 9.41. The van der Waals surface area contributed by atoms with Gasteiger partial charge in [0, 0.05) is 32.8 Å². The van der Waals surface area contributed by atoms with Gasteiger partial charge in [0.05, 0.1) is 0 Å². The lowest BCUT2D eigenvalue weighted by molar-refractivity contribution is -0.130. The number of carbonyl (C=O) groups is 1. The van der Waals surface area contributed by atoms with E-state index in [0.717, 1.165) is 44.4 Å². The maximum atomic E-state index is 11.8. The number of hydrogen-bond donors (Lipinski definition) is 1. The van der Waals surface area contributed by atoms with Gasteiger partial charge in [0.25, 0.3) is 0 Å². The zero-order valence-electron chi connectivity index (χ0n) is 11.7. The Labute approximate surface area is 110 Å². The van der Waals surface area contributed by atoms with E-state index < -0.39 is 0 Å². The molecular formula is C14H26N2O2. The van der Waals surface area contributed by atoms with E-state index >= 15 is 0 Å². The van der Waals surface area contributed by atoms with Gasteiger partial charge in [-0.05, 0) is 31.1 Å². The molecule has 2 fully saturated rings. The molecule has 0 saturated carbocycles. The number of likely N-dealkylation sites (tertiary alicyclic amines) is 1. The molecule has 2 aliphatic rings. The number of rotatable bonds is 4. The van der Waals surface area contributed by atoms with Gasteiger partial charge in [0.1, 0.15) is 6.10 Å². The van der Waals surface area contributed by atoms with Gasteiger partial charge in [-0.3, -0.25) is 4.79 Å². The lowest BCUT2D eigenvalue weighted by atomic mass is 9.92. The van der Waals surface area contributed by atoms with Gasteiger partial charge < -0.3 is 15.0 Å². The summed E-state index contributed by atoms with van der Waals surface area (Å²) in [5.74, 6) is 1.64. The second-order valence-electron chi connectivity index (χ2n) is 6.00. The molecule has 18 heavy (non-hydrogen) atoms. The van der Waals surface area contributed by atoms with Crippen molar-refractivity contribution in [3.8, 4) is 0 Å². The molecule has 0 aromatic rings. The highest BCUT2D eigenvalue weighted by Gasteiger charge is 2.24. The Hall–Kier alpha value is -0.610. The third-order valence-electron chi connectivity index (χ3n) is 3.89. The third kappa shape index (κ3) is 3.95. The Morgan fingerprint density at radius 3 is 2.67 bits per heavy atom. The molecule has 2 heterocycles. The van der Waals surface area contributed by atoms with Gasteiger partial charge in [-0.1, -0.05) is 13.8 Å². The van der Waals surface area contributed by atoms with Crippen LogP contribution in [0, 0.1) is 11.8 Å². The third-order valence-corrected chi connectivity index (χ3v) is 3.89. The monoisotopic (exact) mass is 254 g/mol. The maximum Gasteiger partial charge on any atom is 0.249 e. The molecule has 2 rings (SSSR count). The van der Waals surface area contributed by atoms with E-state index in [-0.39, 0.29) is 12.0 Å². The fourth-order valence-corrected chi connectivity index (χ4v) is 3.21. The van der Waals surface area contributed by atoms with Crippen molar-refractivity contribution < 1.29 is 9.53 Å². The minimum absolute atomic E-state index is 0.0746. The van der Waals surface area contributed by atoms with Crippen molar-refractivity contribution in [2.75, 3.05) is 32.8 Å². The van der Waals surface area contributed by atoms with E-state index in [1.54, 1.807) is 0 Å². The Bertz CT molecular complexity index is 267. The zero-order chi connectivity index (χ0) is 13.0. The fraction of sp³-hybridized carbons (Fsp3) is 0.929. The van der Waals surface area contributed by atoms with Gasteiger partial charge in [0.2, 0.25) is 5.91 Å². The average Bonchev–Trinajstić information content (AvgIpc) is 2.80. The summed E-state index contributed by atoms with van der Waals surface area (Å²) in [5.41, 5.74) is 0. The minimum atomic E-state index is -0.191. The number of nitrogens with one attached hydrogen (secondary N) is 1. The largest absolute Gasteiger partial charge is 0.368 e. The van der Waals surface area contributed by atoms with Crippen molar-refractivity contribution >= 4 is 5.91 Å². The van der Waals surface area contributed by atoms with Gasteiger partial charge in [-0.15, -0.1) is 0 Å². The molecule has 2 saturated heterocycles. The van der Waals surface area contributed by atoms with Crippen LogP contribution >= 0.6 is 0 Å². The topological polar surface area (TPSA) is 41.6 Å². The number of hydrogen-bond acceptors (Lipinski definition) is 3. The SMILES string of the molecule is CC1CC(C)CN(CCNC(=O)C2CCCO2)C1. The van der Waals surface area contributed by atoms with E-state index in [4.69, 9.17) is 4.74 Å². The summed E-state index contributed by atoms with van der Waals surface area (Å²) >= 11 is 0. The summed E-state index contributed by atoms with van der Waals surface area (Å²) in [5, 5.41) is 3.00. The number of ether oxygens (including phenoxy) is 1. The van der Waals surface area contributed by atoms with Crippen LogP contribution in [0.2, 0.25) is 0 Å². The summed E-state index contributed by atoms with van der Waals surface area (Å²) in [6.07, 6.45) is 3.03. The highest BCUT2D eigenvalue weighted by atomic mass is 16.5. The predicted molar refractivity (Wildman–Crippen MR) is 71.4 cm³/mol. The minimum Gasteiger partial charge on any atom is -0.368 e. The van der Waals surface area contributed by atoms with E-state index in [1.165, 1.54) is 19.5 Å². The predicted octanol–water partition coefficient (Wildman–Crippen LogP) is 1.26. The molecule has 3 unspecified atom stereocenters. The Morgan fingerprint density at radius 2 is 2.06 bits per heavy atom. The van der Waals surface area contributed by atoms with Gasteiger partial charge in [0.15, 0.2) is 0 Å². The molecule has 1 N–H and O–H groups in total. The Balaban J connectivity index is 1.63. The van der Waals surface area contributed by atoms with Crippen LogP contribution in [0.4, 0.5) is 0 Å². The fourth-order valence-electron chi connectivity index (χ4n) is 3.21. The Morgan fingerprint density at radius 1 is 1.33 bits per heavy atom. The molecule has 104 valence electrons. The highest BCUT2D eigenvalue weighted by molar-refractivity contribution is 5.80. The summed E-state index contributed by atoms with van der Waals surface area (Å²) in [6, 6.07) is 0. The van der Waals surface area contributed by atoms with Crippen LogP contribution in [-0.2, 0) is 9.53 Å². The molecule has 3 atom stereocenters. The first-order valence-corrected chi connectivity index (χ1v) is 7.27. The molecule has 0 spiro atoms. The molecule has 4 nitrogen and oxygen atoms in total. The normalized spacial score (nSPS) is 33.6. The van der Waals surface area contributed by atoms with E-state index in [2.05, 4.69) is 24.1 Å². The van der Waals surface area contributed by atoms with Gasteiger partial charge >= 0.3 is 0 Å². The van der Waals surface area contributed by atoms with Crippen LogP contribution in [0.3, 0.4) is 0 Å². The van der Waals surface area contributed by atoms with Crippen LogP contribution in [0.1, 0.15) is 33.1 Å². The van der Waals surface area contributed by atoms with Crippen LogP contribution < -0.4 is 5.32 Å². The molecule has 1 amide bonds. The molecule has 0 aromatic carbocycles. The zero-order valence-corrected chi connectivity index (χ0v) is 11.7. The number of nitrogens with zero attached hydrogens (tertiary/aromatic N) is 1. The molecule has 2 aliphatic heterocycles. The second-order valence-corrected chi connectivity index (χ2v) is 6.00. The number of amides is 1. The van der Waals surface area contributed by atoms with Crippen molar-refractivity contribution in [3.05, 3.63) is 0 Å². The lowest BCUT2D eigenvalue weighted by Crippen LogP contribution is -2.44. The maximum absolute atomic E-state index is 11.8. The van der Waals surface area contributed by atoms with Gasteiger partial charge in [-0.2, -0.15) is 0 Å². The van der Waals surface area contributed by atoms with Crippen molar-refractivity contribution in [3.63, 3.8) is 0 Å². The molecule has 0 bridgehead atoms. The summed E-state index contributed by atoms with van der Waals surface area (Å²) in [7, 11) is 0. The van der Waals surface area contributed by atoms with Crippen LogP contribution in [0.5, 0.6) is 0 Å². The van der Waals surface area contributed by atoms with Gasteiger partial charge in [-0.25, -0.2) is 0 Å². The average molecular weight is 254 g/mol. The van der Waals surface area contributed by atoms with Crippen molar-refractivity contribution in [2.24, 2.45) is 11.8 Å². The van der Waals surface area contributed by atoms with Crippen LogP contribution in [0.15, 0.2) is 0 Å². The lowest BCUT2D eigenvalue weighted by Gasteiger charge is -2.34. The standard InChI is InChI=1S/C14H26N2O2/c1-11-8-12(2)10-16(9-11)6-5-15-14(17)13-4-3-7-18-13/h11-13H,3-10H2,1-2H3,(H,15,17). The summed E-state index contributed by atoms with van der Waals surface area (Å²) in [4.78, 5) is 14.2. The second kappa shape index (κ2) is 6.53.